The molecule has 0 bridgehead atoms. The van der Waals surface area contributed by atoms with Crippen LogP contribution in [-0.4, -0.2) is 37.9 Å². The van der Waals surface area contributed by atoms with Gasteiger partial charge in [-0.2, -0.15) is 26.4 Å². The Morgan fingerprint density at radius 1 is 1.28 bits per heavy atom. The van der Waals surface area contributed by atoms with Crippen LogP contribution in [0.3, 0.4) is 0 Å². The Morgan fingerprint density at radius 2 is 2.10 bits per heavy atom. The summed E-state index contributed by atoms with van der Waals surface area (Å²) in [5, 5.41) is 24.5. The van der Waals surface area contributed by atoms with E-state index in [-0.39, 0.29) is 18.3 Å². The zero-order chi connectivity index (χ0) is 20.5. The number of fused-ring (bicyclic) bond motifs is 1. The monoisotopic (exact) mass is 417 g/mol. The molecule has 0 unspecified atom stereocenters. The number of benzene rings is 1. The Balaban J connectivity index is 1.80. The Bertz CT molecular complexity index is 1170. The van der Waals surface area contributed by atoms with E-state index >= 15 is 0 Å². The minimum Gasteiger partial charge on any atom is -0.421 e. The first-order valence-electron chi connectivity index (χ1n) is 8.76. The Morgan fingerprint density at radius 3 is 2.79 bits per heavy atom. The van der Waals surface area contributed by atoms with Gasteiger partial charge in [-0.25, -0.2) is 8.78 Å². The molecule has 0 amide bonds. The van der Waals surface area contributed by atoms with Crippen molar-refractivity contribution in [3.63, 3.8) is 0 Å². The number of aliphatic hydroxyl groups excluding tert-OH is 1. The lowest BCUT2D eigenvalue weighted by Crippen LogP contribution is -2.16. The molecule has 0 aliphatic carbocycles. The molecule has 0 spiro atoms. The first-order chi connectivity index (χ1) is 13.9. The summed E-state index contributed by atoms with van der Waals surface area (Å²) < 4.78 is 32.5. The summed E-state index contributed by atoms with van der Waals surface area (Å²) in [6.07, 6.45) is -0.628. The highest BCUT2D eigenvalue weighted by Gasteiger charge is 2.20. The van der Waals surface area contributed by atoms with Crippen molar-refractivity contribution < 1.29 is 18.6 Å². The lowest BCUT2D eigenvalue weighted by Gasteiger charge is -2.11. The van der Waals surface area contributed by atoms with Gasteiger partial charge in [0, 0.05) is 23.6 Å². The number of aromatic amines is 1. The van der Waals surface area contributed by atoms with Gasteiger partial charge in [-0.1, -0.05) is 0 Å². The normalized spacial score (nSPS) is 12.3. The van der Waals surface area contributed by atoms with Gasteiger partial charge in [0.25, 0.3) is 0 Å². The zero-order valence-electron chi connectivity index (χ0n) is 15.5. The number of hydrogen-bond donors (Lipinski definition) is 3. The van der Waals surface area contributed by atoms with Gasteiger partial charge < -0.3 is 15.2 Å². The summed E-state index contributed by atoms with van der Waals surface area (Å²) in [5.74, 6) is -1.41. The van der Waals surface area contributed by atoms with Crippen molar-refractivity contribution in [3.05, 3.63) is 46.2 Å². The molecule has 150 valence electrons. The van der Waals surface area contributed by atoms with Gasteiger partial charge >= 0.3 is 6.01 Å². The lowest BCUT2D eigenvalue weighted by molar-refractivity contribution is 0.208. The van der Waals surface area contributed by atoms with E-state index in [2.05, 4.69) is 25.5 Å². The molecule has 0 aliphatic heterocycles. The highest BCUT2D eigenvalue weighted by Crippen LogP contribution is 2.35. The van der Waals surface area contributed by atoms with Gasteiger partial charge in [-0.15, -0.1) is 0 Å². The highest BCUT2D eigenvalue weighted by molar-refractivity contribution is 7.08. The SMILES string of the molecule is Cc1cscc1-c1n[nH]c2nc(Oc3ccc(F)cc3F)nc(NC[C@H](C)O)c12. The Kier molecular flexibility index (Phi) is 5.12. The summed E-state index contributed by atoms with van der Waals surface area (Å²) in [6, 6.07) is 2.81. The van der Waals surface area contributed by atoms with E-state index in [1.165, 1.54) is 0 Å². The third kappa shape index (κ3) is 3.89. The molecule has 3 aromatic heterocycles. The molecule has 10 heteroatoms. The number of hydrogen-bond acceptors (Lipinski definition) is 7. The molecule has 7 nitrogen and oxygen atoms in total. The minimum absolute atomic E-state index is 0.145. The summed E-state index contributed by atoms with van der Waals surface area (Å²) in [7, 11) is 0. The first kappa shape index (κ1) is 19.2. The van der Waals surface area contributed by atoms with Crippen LogP contribution in [0.4, 0.5) is 14.6 Å². The number of halogens is 2. The van der Waals surface area contributed by atoms with Gasteiger partial charge in [0.05, 0.1) is 11.5 Å². The van der Waals surface area contributed by atoms with Gasteiger partial charge in [0.2, 0.25) is 0 Å². The molecule has 29 heavy (non-hydrogen) atoms. The summed E-state index contributed by atoms with van der Waals surface area (Å²) in [6.45, 7) is 3.84. The molecule has 4 rings (SSSR count). The lowest BCUT2D eigenvalue weighted by atomic mass is 10.1. The van der Waals surface area contributed by atoms with Crippen LogP contribution < -0.4 is 10.1 Å². The van der Waals surface area contributed by atoms with E-state index in [9.17, 15) is 13.9 Å². The molecular weight excluding hydrogens is 400 g/mol. The van der Waals surface area contributed by atoms with E-state index in [0.717, 1.165) is 23.3 Å². The van der Waals surface area contributed by atoms with Crippen molar-refractivity contribution in [2.24, 2.45) is 0 Å². The molecule has 0 saturated heterocycles. The summed E-state index contributed by atoms with van der Waals surface area (Å²) in [4.78, 5) is 8.60. The molecule has 4 aromatic rings. The van der Waals surface area contributed by atoms with Crippen molar-refractivity contribution in [3.8, 4) is 23.0 Å². The maximum atomic E-state index is 14.0. The van der Waals surface area contributed by atoms with Gasteiger partial charge in [0.15, 0.2) is 17.2 Å². The van der Waals surface area contributed by atoms with E-state index < -0.39 is 17.7 Å². The quantitative estimate of drug-likeness (QED) is 0.434. The van der Waals surface area contributed by atoms with Crippen LogP contribution in [0.1, 0.15) is 12.5 Å². The second-order valence-corrected chi connectivity index (χ2v) is 7.27. The number of anilines is 1. The second kappa shape index (κ2) is 7.72. The van der Waals surface area contributed by atoms with Gasteiger partial charge in [-0.05, 0) is 36.9 Å². The van der Waals surface area contributed by atoms with Crippen LogP contribution in [0, 0.1) is 18.6 Å². The number of nitrogens with one attached hydrogen (secondary N) is 2. The standard InChI is InChI=1S/C19H17F2N5O2S/c1-9-7-29-8-12(9)16-15-17(22-6-10(2)27)23-19(24-18(15)26-25-16)28-14-4-3-11(20)5-13(14)21/h3-5,7-8,10,27H,6H2,1-2H3,(H2,22,23,24,25,26)/t10-/m0/s1. The minimum atomic E-state index is -0.869. The molecule has 0 radical (unpaired) electrons. The van der Waals surface area contributed by atoms with E-state index in [4.69, 9.17) is 4.74 Å². The van der Waals surface area contributed by atoms with Crippen LogP contribution in [-0.2, 0) is 0 Å². The molecular formula is C19H17F2N5O2S. The van der Waals surface area contributed by atoms with Gasteiger partial charge in [0.1, 0.15) is 17.3 Å². The number of aryl methyl sites for hydroxylation is 1. The summed E-state index contributed by atoms with van der Waals surface area (Å²) in [5.41, 5.74) is 3.03. The summed E-state index contributed by atoms with van der Waals surface area (Å²) >= 11 is 1.55. The van der Waals surface area contributed by atoms with Crippen molar-refractivity contribution >= 4 is 28.2 Å². The topological polar surface area (TPSA) is 96.0 Å². The van der Waals surface area contributed by atoms with Crippen LogP contribution in [0.15, 0.2) is 29.0 Å². The number of thiophene rings is 1. The fourth-order valence-electron chi connectivity index (χ4n) is 2.78. The molecule has 1 atom stereocenters. The third-order valence-corrected chi connectivity index (χ3v) is 5.03. The molecule has 3 heterocycles. The zero-order valence-corrected chi connectivity index (χ0v) is 16.3. The highest BCUT2D eigenvalue weighted by atomic mass is 32.1. The van der Waals surface area contributed by atoms with E-state index in [1.54, 1.807) is 18.3 Å². The van der Waals surface area contributed by atoms with Crippen molar-refractivity contribution in [2.75, 3.05) is 11.9 Å². The van der Waals surface area contributed by atoms with E-state index in [1.807, 2.05) is 17.7 Å². The molecule has 0 saturated carbocycles. The maximum Gasteiger partial charge on any atom is 0.326 e. The number of nitrogens with zero attached hydrogens (tertiary/aromatic N) is 3. The Hall–Kier alpha value is -3.11. The van der Waals surface area contributed by atoms with Crippen LogP contribution in [0.5, 0.6) is 11.8 Å². The number of ether oxygens (including phenoxy) is 1. The molecule has 0 fully saturated rings. The van der Waals surface area contributed by atoms with Crippen molar-refractivity contribution in [1.29, 1.82) is 0 Å². The number of aliphatic hydroxyl groups is 1. The third-order valence-electron chi connectivity index (χ3n) is 4.17. The van der Waals surface area contributed by atoms with Crippen LogP contribution in [0.25, 0.3) is 22.3 Å². The average Bonchev–Trinajstić information content (AvgIpc) is 3.27. The van der Waals surface area contributed by atoms with Gasteiger partial charge in [-0.3, -0.25) is 5.10 Å². The van der Waals surface area contributed by atoms with Crippen LogP contribution >= 0.6 is 11.3 Å². The predicted molar refractivity (Wildman–Crippen MR) is 106 cm³/mol. The molecule has 3 N–H and O–H groups in total. The fraction of sp³-hybridized carbons (Fsp3) is 0.211. The number of H-pyrrole nitrogens is 1. The second-order valence-electron chi connectivity index (χ2n) is 6.53. The number of aromatic nitrogens is 4. The predicted octanol–water partition coefficient (Wildman–Crippen LogP) is 4.25. The smallest absolute Gasteiger partial charge is 0.326 e. The maximum absolute atomic E-state index is 14.0. The fourth-order valence-corrected chi connectivity index (χ4v) is 3.62. The molecule has 1 aromatic carbocycles. The van der Waals surface area contributed by atoms with Crippen LogP contribution in [0.2, 0.25) is 0 Å². The first-order valence-corrected chi connectivity index (χ1v) is 9.70. The number of rotatable bonds is 6. The Labute approximate surface area is 168 Å². The van der Waals surface area contributed by atoms with Crippen molar-refractivity contribution in [2.45, 2.75) is 20.0 Å². The van der Waals surface area contributed by atoms with Crippen molar-refractivity contribution in [1.82, 2.24) is 20.2 Å². The van der Waals surface area contributed by atoms with E-state index in [0.29, 0.717) is 28.6 Å². The molecule has 0 aliphatic rings. The average molecular weight is 417 g/mol. The largest absolute Gasteiger partial charge is 0.421 e.